The van der Waals surface area contributed by atoms with Gasteiger partial charge in [-0.25, -0.2) is 0 Å². The molecule has 1 N–H and O–H groups in total. The van der Waals surface area contributed by atoms with Gasteiger partial charge in [-0.3, -0.25) is 14.5 Å². The molecule has 0 aromatic heterocycles. The van der Waals surface area contributed by atoms with E-state index in [9.17, 15) is 9.59 Å². The molecular formula is C17H22N2O3. The van der Waals surface area contributed by atoms with Gasteiger partial charge in [0.2, 0.25) is 11.8 Å². The molecule has 5 nitrogen and oxygen atoms in total. The number of hydrogen-bond acceptors (Lipinski definition) is 4. The Labute approximate surface area is 130 Å². The Morgan fingerprint density at radius 1 is 1.23 bits per heavy atom. The summed E-state index contributed by atoms with van der Waals surface area (Å²) in [6, 6.07) is 7.51. The van der Waals surface area contributed by atoms with E-state index in [0.717, 1.165) is 30.7 Å². The Balaban J connectivity index is 1.78. The molecule has 2 amide bonds. The van der Waals surface area contributed by atoms with Crippen LogP contribution in [0.3, 0.4) is 0 Å². The Morgan fingerprint density at radius 2 is 2.00 bits per heavy atom. The van der Waals surface area contributed by atoms with Gasteiger partial charge in [-0.15, -0.1) is 0 Å². The maximum Gasteiger partial charge on any atom is 0.237 e. The molecule has 1 spiro atoms. The van der Waals surface area contributed by atoms with Crippen molar-refractivity contribution in [2.24, 2.45) is 5.41 Å². The molecule has 0 aliphatic carbocycles. The Hall–Kier alpha value is -1.88. The summed E-state index contributed by atoms with van der Waals surface area (Å²) in [6.45, 7) is 2.00. The molecule has 1 unspecified atom stereocenters. The Morgan fingerprint density at radius 3 is 2.64 bits per heavy atom. The monoisotopic (exact) mass is 302 g/mol. The fourth-order valence-corrected chi connectivity index (χ4v) is 3.42. The molecule has 2 saturated heterocycles. The largest absolute Gasteiger partial charge is 0.497 e. The average molecular weight is 302 g/mol. The van der Waals surface area contributed by atoms with Gasteiger partial charge in [0, 0.05) is 13.0 Å². The zero-order chi connectivity index (χ0) is 15.6. The molecule has 2 aliphatic heterocycles. The van der Waals surface area contributed by atoms with Gasteiger partial charge < -0.3 is 10.1 Å². The lowest BCUT2D eigenvalue weighted by atomic mass is 9.73. The summed E-state index contributed by atoms with van der Waals surface area (Å²) in [4.78, 5) is 26.5. The quantitative estimate of drug-likeness (QED) is 0.864. The molecule has 1 aromatic rings. The first kappa shape index (κ1) is 15.0. The molecule has 0 bridgehead atoms. The Bertz CT molecular complexity index is 562. The van der Waals surface area contributed by atoms with Crippen LogP contribution in [0.4, 0.5) is 0 Å². The number of likely N-dealkylation sites (tertiary alicyclic amines) is 1. The van der Waals surface area contributed by atoms with Crippen LogP contribution in [-0.2, 0) is 16.1 Å². The van der Waals surface area contributed by atoms with Gasteiger partial charge in [0.25, 0.3) is 0 Å². The smallest absolute Gasteiger partial charge is 0.237 e. The zero-order valence-electron chi connectivity index (χ0n) is 12.9. The van der Waals surface area contributed by atoms with Gasteiger partial charge in [-0.2, -0.15) is 0 Å². The van der Waals surface area contributed by atoms with Gasteiger partial charge in [0.05, 0.1) is 19.1 Å². The summed E-state index contributed by atoms with van der Waals surface area (Å²) >= 11 is 0. The number of amides is 2. The number of rotatable bonds is 3. The molecule has 2 aliphatic rings. The third kappa shape index (κ3) is 2.73. The number of imide groups is 1. The van der Waals surface area contributed by atoms with Crippen LogP contribution in [0.5, 0.6) is 5.75 Å². The van der Waals surface area contributed by atoms with E-state index in [4.69, 9.17) is 4.74 Å². The van der Waals surface area contributed by atoms with Crippen molar-refractivity contribution in [1.82, 2.24) is 10.2 Å². The summed E-state index contributed by atoms with van der Waals surface area (Å²) < 4.78 is 5.14. The summed E-state index contributed by atoms with van der Waals surface area (Å²) in [5.41, 5.74) is 0.571. The SMILES string of the molecule is COc1ccc(CN2C(=O)CCC3(CCCNC3)C2=O)cc1. The molecule has 3 rings (SSSR count). The fraction of sp³-hybridized carbons (Fsp3) is 0.529. The highest BCUT2D eigenvalue weighted by Gasteiger charge is 2.47. The van der Waals surface area contributed by atoms with Crippen molar-refractivity contribution >= 4 is 11.8 Å². The standard InChI is InChI=1S/C17H22N2O3/c1-22-14-5-3-13(4-6-14)11-19-15(20)7-9-17(16(19)21)8-2-10-18-12-17/h3-6,18H,2,7-12H2,1H3. The van der Waals surface area contributed by atoms with Gasteiger partial charge in [0.15, 0.2) is 0 Å². The van der Waals surface area contributed by atoms with Crippen molar-refractivity contribution in [3.8, 4) is 5.75 Å². The van der Waals surface area contributed by atoms with Crippen molar-refractivity contribution in [3.05, 3.63) is 29.8 Å². The van der Waals surface area contributed by atoms with E-state index < -0.39 is 0 Å². The van der Waals surface area contributed by atoms with Gasteiger partial charge in [0.1, 0.15) is 5.75 Å². The lowest BCUT2D eigenvalue weighted by Crippen LogP contribution is -2.56. The fourth-order valence-electron chi connectivity index (χ4n) is 3.42. The molecule has 0 radical (unpaired) electrons. The highest BCUT2D eigenvalue weighted by Crippen LogP contribution is 2.38. The number of methoxy groups -OCH3 is 1. The molecule has 22 heavy (non-hydrogen) atoms. The van der Waals surface area contributed by atoms with E-state index in [0.29, 0.717) is 25.9 Å². The Kier molecular flexibility index (Phi) is 4.16. The van der Waals surface area contributed by atoms with Crippen LogP contribution in [0.15, 0.2) is 24.3 Å². The van der Waals surface area contributed by atoms with Crippen LogP contribution in [0.1, 0.15) is 31.2 Å². The zero-order valence-corrected chi connectivity index (χ0v) is 12.9. The van der Waals surface area contributed by atoms with Crippen LogP contribution < -0.4 is 10.1 Å². The summed E-state index contributed by atoms with van der Waals surface area (Å²) in [5, 5.41) is 3.31. The molecular weight excluding hydrogens is 280 g/mol. The minimum absolute atomic E-state index is 0.00762. The lowest BCUT2D eigenvalue weighted by molar-refractivity contribution is -0.159. The molecule has 2 heterocycles. The normalized spacial score (nSPS) is 25.6. The third-order valence-electron chi connectivity index (χ3n) is 4.79. The van der Waals surface area contributed by atoms with Crippen molar-refractivity contribution in [2.75, 3.05) is 20.2 Å². The number of benzene rings is 1. The van der Waals surface area contributed by atoms with Crippen LogP contribution in [0.25, 0.3) is 0 Å². The maximum atomic E-state index is 12.9. The minimum atomic E-state index is -0.376. The van der Waals surface area contributed by atoms with Crippen LogP contribution in [0, 0.1) is 5.41 Å². The van der Waals surface area contributed by atoms with Crippen molar-refractivity contribution in [3.63, 3.8) is 0 Å². The number of nitrogens with zero attached hydrogens (tertiary/aromatic N) is 1. The number of ether oxygens (including phenoxy) is 1. The topological polar surface area (TPSA) is 58.6 Å². The van der Waals surface area contributed by atoms with Gasteiger partial charge in [-0.05, 0) is 43.5 Å². The molecule has 2 fully saturated rings. The predicted molar refractivity (Wildman–Crippen MR) is 82.3 cm³/mol. The summed E-state index contributed by atoms with van der Waals surface area (Å²) in [7, 11) is 1.62. The first-order valence-corrected chi connectivity index (χ1v) is 7.83. The van der Waals surface area contributed by atoms with E-state index in [1.807, 2.05) is 24.3 Å². The van der Waals surface area contributed by atoms with E-state index in [-0.39, 0.29) is 17.2 Å². The lowest BCUT2D eigenvalue weighted by Gasteiger charge is -2.43. The van der Waals surface area contributed by atoms with Crippen LogP contribution in [-0.4, -0.2) is 36.9 Å². The molecule has 1 atom stereocenters. The highest BCUT2D eigenvalue weighted by atomic mass is 16.5. The average Bonchev–Trinajstić information content (AvgIpc) is 2.57. The first-order chi connectivity index (χ1) is 10.6. The van der Waals surface area contributed by atoms with Crippen LogP contribution in [0.2, 0.25) is 0 Å². The number of piperidine rings is 2. The number of carbonyl (C=O) groups is 2. The predicted octanol–water partition coefficient (Wildman–Crippen LogP) is 1.71. The first-order valence-electron chi connectivity index (χ1n) is 7.83. The molecule has 5 heteroatoms. The highest BCUT2D eigenvalue weighted by molar-refractivity contribution is 6.00. The van der Waals surface area contributed by atoms with Crippen molar-refractivity contribution < 1.29 is 14.3 Å². The van der Waals surface area contributed by atoms with Crippen molar-refractivity contribution in [1.29, 1.82) is 0 Å². The van der Waals surface area contributed by atoms with E-state index in [1.165, 1.54) is 4.90 Å². The minimum Gasteiger partial charge on any atom is -0.497 e. The second-order valence-electron chi connectivity index (χ2n) is 6.19. The number of hydrogen-bond donors (Lipinski definition) is 1. The number of carbonyl (C=O) groups excluding carboxylic acids is 2. The van der Waals surface area contributed by atoms with Gasteiger partial charge in [-0.1, -0.05) is 12.1 Å². The third-order valence-corrected chi connectivity index (χ3v) is 4.79. The van der Waals surface area contributed by atoms with E-state index in [1.54, 1.807) is 7.11 Å². The van der Waals surface area contributed by atoms with Crippen LogP contribution >= 0.6 is 0 Å². The second kappa shape index (κ2) is 6.08. The summed E-state index contributed by atoms with van der Waals surface area (Å²) in [6.07, 6.45) is 3.02. The van der Waals surface area contributed by atoms with E-state index >= 15 is 0 Å². The molecule has 1 aromatic carbocycles. The van der Waals surface area contributed by atoms with Gasteiger partial charge >= 0.3 is 0 Å². The van der Waals surface area contributed by atoms with E-state index in [2.05, 4.69) is 5.32 Å². The maximum absolute atomic E-state index is 12.9. The molecule has 0 saturated carbocycles. The molecule has 118 valence electrons. The summed E-state index contributed by atoms with van der Waals surface area (Å²) in [5.74, 6) is 0.705. The number of nitrogens with one attached hydrogen (secondary N) is 1. The second-order valence-corrected chi connectivity index (χ2v) is 6.19. The van der Waals surface area contributed by atoms with Crippen molar-refractivity contribution in [2.45, 2.75) is 32.2 Å².